The second-order valence-corrected chi connectivity index (χ2v) is 7.83. The molecule has 1 aromatic rings. The minimum Gasteiger partial charge on any atom is -0.497 e. The molecule has 136 valence electrons. The van der Waals surface area contributed by atoms with Gasteiger partial charge in [0.25, 0.3) is 0 Å². The van der Waals surface area contributed by atoms with E-state index < -0.39 is 10.0 Å². The Kier molecular flexibility index (Phi) is 8.17. The predicted octanol–water partition coefficient (Wildman–Crippen LogP) is 0.177. The summed E-state index contributed by atoms with van der Waals surface area (Å²) >= 11 is 0. The van der Waals surface area contributed by atoms with Gasteiger partial charge in [-0.3, -0.25) is 4.79 Å². The molecule has 0 spiro atoms. The van der Waals surface area contributed by atoms with E-state index in [2.05, 4.69) is 5.32 Å². The molecular formula is C16H27N3O4S. The summed E-state index contributed by atoms with van der Waals surface area (Å²) in [7, 11) is 1.91. The Morgan fingerprint density at radius 1 is 1.17 bits per heavy atom. The van der Waals surface area contributed by atoms with Crippen LogP contribution in [0.1, 0.15) is 5.56 Å². The summed E-state index contributed by atoms with van der Waals surface area (Å²) in [6.45, 7) is 1.15. The first-order valence-electron chi connectivity index (χ1n) is 7.72. The number of hydrogen-bond acceptors (Lipinski definition) is 5. The van der Waals surface area contributed by atoms with Crippen LogP contribution in [0.15, 0.2) is 24.3 Å². The molecular weight excluding hydrogens is 330 g/mol. The summed E-state index contributed by atoms with van der Waals surface area (Å²) in [6, 6.07) is 7.60. The number of ether oxygens (including phenoxy) is 1. The number of amides is 1. The van der Waals surface area contributed by atoms with Gasteiger partial charge in [0.15, 0.2) is 0 Å². The summed E-state index contributed by atoms with van der Waals surface area (Å²) in [5.41, 5.74) is 1.07. The van der Waals surface area contributed by atoms with E-state index in [1.54, 1.807) is 7.11 Å². The summed E-state index contributed by atoms with van der Waals surface area (Å²) in [6.07, 6.45) is 1.79. The van der Waals surface area contributed by atoms with Crippen molar-refractivity contribution in [2.75, 3.05) is 53.6 Å². The van der Waals surface area contributed by atoms with E-state index in [1.165, 1.54) is 4.31 Å². The molecule has 0 radical (unpaired) electrons. The maximum absolute atomic E-state index is 12.0. The van der Waals surface area contributed by atoms with Crippen molar-refractivity contribution in [3.63, 3.8) is 0 Å². The van der Waals surface area contributed by atoms with Crippen molar-refractivity contribution >= 4 is 15.9 Å². The molecule has 24 heavy (non-hydrogen) atoms. The summed E-state index contributed by atoms with van der Waals surface area (Å²) < 4.78 is 29.8. The second kappa shape index (κ2) is 9.61. The van der Waals surface area contributed by atoms with Gasteiger partial charge < -0.3 is 15.0 Å². The van der Waals surface area contributed by atoms with E-state index in [0.29, 0.717) is 19.5 Å². The number of nitrogens with zero attached hydrogens (tertiary/aromatic N) is 2. The van der Waals surface area contributed by atoms with Gasteiger partial charge in [0, 0.05) is 19.6 Å². The van der Waals surface area contributed by atoms with Crippen molar-refractivity contribution in [2.45, 2.75) is 6.42 Å². The topological polar surface area (TPSA) is 79.0 Å². The molecule has 1 rings (SSSR count). The molecule has 0 unspecified atom stereocenters. The van der Waals surface area contributed by atoms with Crippen molar-refractivity contribution in [1.82, 2.24) is 14.5 Å². The largest absolute Gasteiger partial charge is 0.497 e. The van der Waals surface area contributed by atoms with Crippen molar-refractivity contribution in [2.24, 2.45) is 0 Å². The van der Waals surface area contributed by atoms with Crippen LogP contribution in [-0.2, 0) is 21.2 Å². The summed E-state index contributed by atoms with van der Waals surface area (Å²) in [4.78, 5) is 13.9. The third-order valence-electron chi connectivity index (χ3n) is 3.48. The highest BCUT2D eigenvalue weighted by Gasteiger charge is 2.19. The Morgan fingerprint density at radius 3 is 2.29 bits per heavy atom. The zero-order chi connectivity index (χ0) is 18.2. The smallest absolute Gasteiger partial charge is 0.235 e. The van der Waals surface area contributed by atoms with Crippen molar-refractivity contribution < 1.29 is 17.9 Å². The van der Waals surface area contributed by atoms with E-state index in [9.17, 15) is 13.2 Å². The first-order chi connectivity index (χ1) is 11.2. The van der Waals surface area contributed by atoms with Gasteiger partial charge in [-0.1, -0.05) is 12.1 Å². The normalized spacial score (nSPS) is 11.8. The van der Waals surface area contributed by atoms with Gasteiger partial charge in [0.1, 0.15) is 5.75 Å². The number of carbonyl (C=O) groups is 1. The van der Waals surface area contributed by atoms with Crippen LogP contribution in [0.3, 0.4) is 0 Å². The quantitative estimate of drug-likeness (QED) is 0.646. The number of hydrogen-bond donors (Lipinski definition) is 1. The highest BCUT2D eigenvalue weighted by Crippen LogP contribution is 2.11. The molecule has 0 atom stereocenters. The van der Waals surface area contributed by atoms with Crippen LogP contribution in [0.2, 0.25) is 0 Å². The Balaban J connectivity index is 2.44. The first-order valence-corrected chi connectivity index (χ1v) is 9.56. The lowest BCUT2D eigenvalue weighted by Gasteiger charge is -2.21. The molecule has 1 aromatic carbocycles. The second-order valence-electron chi connectivity index (χ2n) is 5.85. The monoisotopic (exact) mass is 357 g/mol. The first kappa shape index (κ1) is 20.4. The Morgan fingerprint density at radius 2 is 1.79 bits per heavy atom. The third kappa shape index (κ3) is 7.76. The van der Waals surface area contributed by atoms with Crippen molar-refractivity contribution in [3.8, 4) is 5.75 Å². The average Bonchev–Trinajstić information content (AvgIpc) is 2.50. The van der Waals surface area contributed by atoms with Gasteiger partial charge in [-0.2, -0.15) is 4.31 Å². The van der Waals surface area contributed by atoms with E-state index in [4.69, 9.17) is 4.74 Å². The third-order valence-corrected chi connectivity index (χ3v) is 4.73. The maximum Gasteiger partial charge on any atom is 0.235 e. The van der Waals surface area contributed by atoms with E-state index in [-0.39, 0.29) is 19.0 Å². The molecule has 0 aliphatic heterocycles. The van der Waals surface area contributed by atoms with Crippen LogP contribution in [-0.4, -0.2) is 77.2 Å². The fourth-order valence-electron chi connectivity index (χ4n) is 2.03. The molecule has 0 saturated carbocycles. The molecule has 0 aliphatic carbocycles. The predicted molar refractivity (Wildman–Crippen MR) is 94.7 cm³/mol. The number of likely N-dealkylation sites (N-methyl/N-ethyl adjacent to an activating group) is 1. The van der Waals surface area contributed by atoms with E-state index >= 15 is 0 Å². The van der Waals surface area contributed by atoms with Gasteiger partial charge in [-0.05, 0) is 38.2 Å². The number of benzene rings is 1. The number of rotatable bonds is 10. The SMILES string of the molecule is COc1ccc(CCNC(=O)CN(CCN(C)C)S(C)(=O)=O)cc1. The van der Waals surface area contributed by atoms with Gasteiger partial charge in [-0.25, -0.2) is 8.42 Å². The fourth-order valence-corrected chi connectivity index (χ4v) is 2.79. The molecule has 0 heterocycles. The molecule has 8 heteroatoms. The summed E-state index contributed by atoms with van der Waals surface area (Å²) in [5.74, 6) is 0.486. The fraction of sp³-hybridized carbons (Fsp3) is 0.562. The molecule has 0 aliphatic rings. The average molecular weight is 357 g/mol. The molecule has 0 bridgehead atoms. The molecule has 1 N–H and O–H groups in total. The van der Waals surface area contributed by atoms with E-state index in [0.717, 1.165) is 17.6 Å². The van der Waals surface area contributed by atoms with Gasteiger partial charge in [0.05, 0.1) is 19.9 Å². The molecule has 0 fully saturated rings. The Hall–Kier alpha value is -1.64. The minimum atomic E-state index is -3.41. The zero-order valence-corrected chi connectivity index (χ0v) is 15.6. The molecule has 0 aromatic heterocycles. The lowest BCUT2D eigenvalue weighted by atomic mass is 10.1. The zero-order valence-electron chi connectivity index (χ0n) is 14.8. The van der Waals surface area contributed by atoms with Crippen LogP contribution in [0.5, 0.6) is 5.75 Å². The highest BCUT2D eigenvalue weighted by atomic mass is 32.2. The van der Waals surface area contributed by atoms with Crippen molar-refractivity contribution in [3.05, 3.63) is 29.8 Å². The summed E-state index contributed by atoms with van der Waals surface area (Å²) in [5, 5.41) is 2.76. The van der Waals surface area contributed by atoms with Gasteiger partial charge in [-0.15, -0.1) is 0 Å². The molecule has 0 saturated heterocycles. The highest BCUT2D eigenvalue weighted by molar-refractivity contribution is 7.88. The number of nitrogens with one attached hydrogen (secondary N) is 1. The Bertz CT molecular complexity index is 615. The Labute approximate surface area is 144 Å². The van der Waals surface area contributed by atoms with Crippen molar-refractivity contribution in [1.29, 1.82) is 0 Å². The van der Waals surface area contributed by atoms with Crippen LogP contribution in [0, 0.1) is 0 Å². The number of methoxy groups -OCH3 is 1. The van der Waals surface area contributed by atoms with Gasteiger partial charge >= 0.3 is 0 Å². The lowest BCUT2D eigenvalue weighted by molar-refractivity contribution is -0.121. The number of carbonyl (C=O) groups excluding carboxylic acids is 1. The lowest BCUT2D eigenvalue weighted by Crippen LogP contribution is -2.43. The van der Waals surface area contributed by atoms with Crippen LogP contribution < -0.4 is 10.1 Å². The van der Waals surface area contributed by atoms with Crippen LogP contribution in [0.25, 0.3) is 0 Å². The minimum absolute atomic E-state index is 0.157. The van der Waals surface area contributed by atoms with Crippen LogP contribution in [0.4, 0.5) is 0 Å². The molecule has 7 nitrogen and oxygen atoms in total. The number of sulfonamides is 1. The maximum atomic E-state index is 12.0. The van der Waals surface area contributed by atoms with Gasteiger partial charge in [0.2, 0.25) is 15.9 Å². The molecule has 1 amide bonds. The standard InChI is InChI=1S/C16H27N3O4S/c1-18(2)11-12-19(24(4,21)22)13-16(20)17-10-9-14-5-7-15(23-3)8-6-14/h5-8H,9-13H2,1-4H3,(H,17,20). The van der Waals surface area contributed by atoms with E-state index in [1.807, 2.05) is 43.3 Å². The van der Waals surface area contributed by atoms with Crippen LogP contribution >= 0.6 is 0 Å².